The van der Waals surface area contributed by atoms with Crippen LogP contribution in [0, 0.1) is 0 Å². The Hall–Kier alpha value is -1.59. The van der Waals surface area contributed by atoms with Crippen molar-refractivity contribution in [2.75, 3.05) is 6.54 Å². The van der Waals surface area contributed by atoms with Crippen LogP contribution in [0.1, 0.15) is 17.1 Å². The highest BCUT2D eigenvalue weighted by Gasteiger charge is 2.14. The maximum Gasteiger partial charge on any atom is 0.255 e. The van der Waals surface area contributed by atoms with E-state index in [2.05, 4.69) is 27.4 Å². The van der Waals surface area contributed by atoms with Gasteiger partial charge in [-0.05, 0) is 12.1 Å². The van der Waals surface area contributed by atoms with Gasteiger partial charge in [-0.1, -0.05) is 18.2 Å². The highest BCUT2D eigenvalue weighted by molar-refractivity contribution is 7.98. The third-order valence-corrected chi connectivity index (χ3v) is 4.13. The molecular formula is C14H15N3OS. The summed E-state index contributed by atoms with van der Waals surface area (Å²) in [7, 11) is 0. The van der Waals surface area contributed by atoms with E-state index >= 15 is 0 Å². The number of nitrogens with one attached hydrogen (secondary N) is 2. The van der Waals surface area contributed by atoms with Crippen LogP contribution in [0.25, 0.3) is 0 Å². The zero-order valence-electron chi connectivity index (χ0n) is 10.5. The second-order valence-electron chi connectivity index (χ2n) is 4.47. The predicted octanol–water partition coefficient (Wildman–Crippen LogP) is 1.71. The maximum atomic E-state index is 12.0. The molecule has 98 valence electrons. The minimum Gasteiger partial charge on any atom is -0.312 e. The average molecular weight is 273 g/mol. The molecule has 1 aliphatic rings. The van der Waals surface area contributed by atoms with Gasteiger partial charge in [0.2, 0.25) is 0 Å². The summed E-state index contributed by atoms with van der Waals surface area (Å²) in [5, 5.41) is 3.19. The van der Waals surface area contributed by atoms with Gasteiger partial charge in [0.1, 0.15) is 5.82 Å². The molecule has 0 fully saturated rings. The minimum absolute atomic E-state index is 0.000798. The van der Waals surface area contributed by atoms with E-state index < -0.39 is 0 Å². The van der Waals surface area contributed by atoms with Gasteiger partial charge >= 0.3 is 0 Å². The van der Waals surface area contributed by atoms with Crippen LogP contribution in [0.2, 0.25) is 0 Å². The molecule has 19 heavy (non-hydrogen) atoms. The summed E-state index contributed by atoms with van der Waals surface area (Å²) in [6, 6.07) is 10.1. The van der Waals surface area contributed by atoms with Crippen molar-refractivity contribution in [2.24, 2.45) is 0 Å². The largest absolute Gasteiger partial charge is 0.312 e. The molecule has 0 unspecified atom stereocenters. The Morgan fingerprint density at radius 1 is 1.26 bits per heavy atom. The number of benzene rings is 1. The van der Waals surface area contributed by atoms with Gasteiger partial charge in [-0.2, -0.15) is 0 Å². The van der Waals surface area contributed by atoms with Crippen LogP contribution in [-0.4, -0.2) is 16.5 Å². The number of fused-ring (bicyclic) bond motifs is 1. The first-order valence-electron chi connectivity index (χ1n) is 6.32. The topological polar surface area (TPSA) is 57.8 Å². The van der Waals surface area contributed by atoms with E-state index in [9.17, 15) is 4.79 Å². The van der Waals surface area contributed by atoms with Crippen molar-refractivity contribution in [3.05, 3.63) is 57.8 Å². The second kappa shape index (κ2) is 5.59. The Kier molecular flexibility index (Phi) is 3.66. The number of aromatic amines is 1. The lowest BCUT2D eigenvalue weighted by molar-refractivity contribution is 0.616. The van der Waals surface area contributed by atoms with Gasteiger partial charge < -0.3 is 10.3 Å². The fraction of sp³-hybridized carbons (Fsp3) is 0.286. The van der Waals surface area contributed by atoms with Gasteiger partial charge in [-0.25, -0.2) is 4.98 Å². The van der Waals surface area contributed by atoms with E-state index in [4.69, 9.17) is 0 Å². The number of hydrogen-bond acceptors (Lipinski definition) is 4. The van der Waals surface area contributed by atoms with E-state index in [1.54, 1.807) is 11.8 Å². The molecule has 3 rings (SSSR count). The highest BCUT2D eigenvalue weighted by atomic mass is 32.2. The fourth-order valence-corrected chi connectivity index (χ4v) is 2.93. The first kappa shape index (κ1) is 12.4. The number of hydrogen-bond donors (Lipinski definition) is 2. The molecule has 0 spiro atoms. The van der Waals surface area contributed by atoms with Gasteiger partial charge in [-0.15, -0.1) is 11.8 Å². The molecule has 5 heteroatoms. The maximum absolute atomic E-state index is 12.0. The predicted molar refractivity (Wildman–Crippen MR) is 76.3 cm³/mol. The Morgan fingerprint density at radius 2 is 2.11 bits per heavy atom. The molecule has 0 atom stereocenters. The summed E-state index contributed by atoms with van der Waals surface area (Å²) in [6.07, 6.45) is 0.836. The van der Waals surface area contributed by atoms with E-state index in [1.807, 2.05) is 18.2 Å². The van der Waals surface area contributed by atoms with Crippen LogP contribution in [-0.2, 0) is 18.7 Å². The van der Waals surface area contributed by atoms with E-state index in [1.165, 1.54) is 4.90 Å². The Bertz CT molecular complexity index is 624. The summed E-state index contributed by atoms with van der Waals surface area (Å²) in [6.45, 7) is 1.53. The summed E-state index contributed by atoms with van der Waals surface area (Å²) in [5.41, 5.74) is 1.74. The van der Waals surface area contributed by atoms with Gasteiger partial charge in [0.15, 0.2) is 0 Å². The van der Waals surface area contributed by atoms with Crippen LogP contribution in [0.5, 0.6) is 0 Å². The molecule has 1 aliphatic heterocycles. The highest BCUT2D eigenvalue weighted by Crippen LogP contribution is 2.20. The van der Waals surface area contributed by atoms with E-state index in [-0.39, 0.29) is 5.56 Å². The van der Waals surface area contributed by atoms with Crippen molar-refractivity contribution in [1.29, 1.82) is 0 Å². The normalized spacial score (nSPS) is 14.1. The lowest BCUT2D eigenvalue weighted by Crippen LogP contribution is -2.32. The van der Waals surface area contributed by atoms with Gasteiger partial charge in [0, 0.05) is 24.4 Å². The van der Waals surface area contributed by atoms with Crippen molar-refractivity contribution in [3.63, 3.8) is 0 Å². The molecule has 2 heterocycles. The van der Waals surface area contributed by atoms with E-state index in [0.29, 0.717) is 12.3 Å². The Morgan fingerprint density at radius 3 is 2.95 bits per heavy atom. The molecular weight excluding hydrogens is 258 g/mol. The first-order chi connectivity index (χ1) is 9.33. The fourth-order valence-electron chi connectivity index (χ4n) is 2.14. The van der Waals surface area contributed by atoms with Crippen LogP contribution < -0.4 is 10.9 Å². The SMILES string of the molecule is O=c1[nH]c(CSc2ccccc2)nc2c1CNCC2. The first-order valence-corrected chi connectivity index (χ1v) is 7.31. The second-order valence-corrected chi connectivity index (χ2v) is 5.52. The monoisotopic (exact) mass is 273 g/mol. The van der Waals surface area contributed by atoms with Gasteiger partial charge in [0.25, 0.3) is 5.56 Å². The zero-order chi connectivity index (χ0) is 13.1. The van der Waals surface area contributed by atoms with Crippen LogP contribution in [0.4, 0.5) is 0 Å². The number of aromatic nitrogens is 2. The average Bonchev–Trinajstić information content (AvgIpc) is 2.46. The van der Waals surface area contributed by atoms with E-state index in [0.717, 1.165) is 30.0 Å². The smallest absolute Gasteiger partial charge is 0.255 e. The number of rotatable bonds is 3. The Labute approximate surface area is 115 Å². The molecule has 2 aromatic rings. The lowest BCUT2D eigenvalue weighted by atomic mass is 10.1. The zero-order valence-corrected chi connectivity index (χ0v) is 11.3. The van der Waals surface area contributed by atoms with Gasteiger partial charge in [-0.3, -0.25) is 4.79 Å². The van der Waals surface area contributed by atoms with Crippen molar-refractivity contribution < 1.29 is 0 Å². The van der Waals surface area contributed by atoms with Crippen molar-refractivity contribution >= 4 is 11.8 Å². The molecule has 0 saturated heterocycles. The molecule has 0 radical (unpaired) electrons. The van der Waals surface area contributed by atoms with Crippen LogP contribution in [0.3, 0.4) is 0 Å². The molecule has 2 N–H and O–H groups in total. The quantitative estimate of drug-likeness (QED) is 0.836. The van der Waals surface area contributed by atoms with Gasteiger partial charge in [0.05, 0.1) is 17.0 Å². The molecule has 1 aromatic heterocycles. The summed E-state index contributed by atoms with van der Waals surface area (Å²) < 4.78 is 0. The number of nitrogens with zero attached hydrogens (tertiary/aromatic N) is 1. The summed E-state index contributed by atoms with van der Waals surface area (Å²) in [5.74, 6) is 1.46. The summed E-state index contributed by atoms with van der Waals surface area (Å²) >= 11 is 1.68. The molecule has 0 amide bonds. The molecule has 0 aliphatic carbocycles. The minimum atomic E-state index is 0.000798. The molecule has 0 bridgehead atoms. The number of thioether (sulfide) groups is 1. The van der Waals surface area contributed by atoms with Crippen molar-refractivity contribution in [2.45, 2.75) is 23.6 Å². The lowest BCUT2D eigenvalue weighted by Gasteiger charge is -2.15. The molecule has 4 nitrogen and oxygen atoms in total. The Balaban J connectivity index is 1.78. The van der Waals surface area contributed by atoms with Crippen LogP contribution in [0.15, 0.2) is 40.0 Å². The third-order valence-electron chi connectivity index (χ3n) is 3.11. The number of H-pyrrole nitrogens is 1. The standard InChI is InChI=1S/C14H15N3OS/c18-14-11-8-15-7-6-12(11)16-13(17-14)9-19-10-4-2-1-3-5-10/h1-5,15H,6-9H2,(H,16,17,18). The molecule has 1 aromatic carbocycles. The summed E-state index contributed by atoms with van der Waals surface area (Å²) in [4.78, 5) is 20.6. The van der Waals surface area contributed by atoms with Crippen molar-refractivity contribution in [1.82, 2.24) is 15.3 Å². The molecule has 0 saturated carbocycles. The van der Waals surface area contributed by atoms with Crippen LogP contribution >= 0.6 is 11.8 Å². The third kappa shape index (κ3) is 2.88. The van der Waals surface area contributed by atoms with Crippen molar-refractivity contribution in [3.8, 4) is 0 Å².